The lowest BCUT2D eigenvalue weighted by Crippen LogP contribution is -2.18. The highest BCUT2D eigenvalue weighted by Crippen LogP contribution is 2.31. The van der Waals surface area contributed by atoms with Gasteiger partial charge in [-0.3, -0.25) is 9.48 Å². The lowest BCUT2D eigenvalue weighted by Gasteiger charge is -2.11. The molecular formula is C19H18F3N5O4. The zero-order chi connectivity index (χ0) is 22.9. The van der Waals surface area contributed by atoms with Crippen LogP contribution in [0.25, 0.3) is 0 Å². The molecule has 0 unspecified atom stereocenters. The van der Waals surface area contributed by atoms with E-state index in [9.17, 15) is 27.9 Å². The minimum atomic E-state index is -4.49. The van der Waals surface area contributed by atoms with E-state index in [1.807, 2.05) is 0 Å². The van der Waals surface area contributed by atoms with Crippen molar-refractivity contribution in [3.8, 4) is 5.75 Å². The van der Waals surface area contributed by atoms with Gasteiger partial charge in [0.1, 0.15) is 5.75 Å². The summed E-state index contributed by atoms with van der Waals surface area (Å²) in [5.41, 5.74) is -0.0115. The Morgan fingerprint density at radius 3 is 2.61 bits per heavy atom. The predicted molar refractivity (Wildman–Crippen MR) is 102 cm³/mol. The first-order valence-corrected chi connectivity index (χ1v) is 8.89. The molecule has 0 aliphatic carbocycles. The van der Waals surface area contributed by atoms with Crippen molar-refractivity contribution in [1.29, 1.82) is 0 Å². The summed E-state index contributed by atoms with van der Waals surface area (Å²) in [6.45, 7) is 3.05. The van der Waals surface area contributed by atoms with Crippen LogP contribution in [0.2, 0.25) is 0 Å². The number of hydrogen-bond acceptors (Lipinski definition) is 5. The van der Waals surface area contributed by atoms with Crippen molar-refractivity contribution in [3.05, 3.63) is 58.7 Å². The van der Waals surface area contributed by atoms with Crippen molar-refractivity contribution in [2.45, 2.75) is 26.8 Å². The summed E-state index contributed by atoms with van der Waals surface area (Å²) >= 11 is 0. The van der Waals surface area contributed by atoms with Crippen molar-refractivity contribution in [3.63, 3.8) is 0 Å². The number of alkyl halides is 3. The van der Waals surface area contributed by atoms with Crippen LogP contribution in [0.4, 0.5) is 18.9 Å². The fourth-order valence-electron chi connectivity index (χ4n) is 2.94. The molecule has 3 rings (SSSR count). The first-order valence-electron chi connectivity index (χ1n) is 8.89. The molecule has 1 amide bonds. The molecule has 3 aromatic rings. The van der Waals surface area contributed by atoms with E-state index in [2.05, 4.69) is 15.5 Å². The number of amides is 1. The summed E-state index contributed by atoms with van der Waals surface area (Å²) in [4.78, 5) is 23.9. The van der Waals surface area contributed by atoms with Gasteiger partial charge in [0, 0.05) is 7.05 Å². The standard InChI is InChI=1S/C19H18F3N5O4/c1-10-15(24-17(28)14-8-23-26(3)16(14)18(29)30)11(2)27(25-10)9-31-13-6-4-5-12(7-13)19(20,21)22/h4-8H,9H2,1-3H3,(H,24,28)(H,29,30). The number of halogens is 3. The number of aryl methyl sites for hydroxylation is 2. The van der Waals surface area contributed by atoms with Crippen LogP contribution < -0.4 is 10.1 Å². The van der Waals surface area contributed by atoms with Crippen LogP contribution in [0.5, 0.6) is 5.75 Å². The van der Waals surface area contributed by atoms with Crippen LogP contribution in [-0.4, -0.2) is 36.5 Å². The molecule has 0 bridgehead atoms. The smallest absolute Gasteiger partial charge is 0.416 e. The highest BCUT2D eigenvalue weighted by molar-refractivity contribution is 6.10. The van der Waals surface area contributed by atoms with E-state index < -0.39 is 23.6 Å². The van der Waals surface area contributed by atoms with Crippen LogP contribution in [0.3, 0.4) is 0 Å². The number of aromatic carboxylic acids is 1. The summed E-state index contributed by atoms with van der Waals surface area (Å²) in [6.07, 6.45) is -3.35. The molecule has 2 N–H and O–H groups in total. The van der Waals surface area contributed by atoms with Gasteiger partial charge in [0.2, 0.25) is 0 Å². The molecule has 31 heavy (non-hydrogen) atoms. The number of rotatable bonds is 6. The molecule has 0 spiro atoms. The Kier molecular flexibility index (Phi) is 5.73. The van der Waals surface area contributed by atoms with Crippen molar-refractivity contribution in [2.75, 3.05) is 5.32 Å². The van der Waals surface area contributed by atoms with E-state index in [0.717, 1.165) is 23.0 Å². The van der Waals surface area contributed by atoms with Gasteiger partial charge in [-0.1, -0.05) is 6.07 Å². The van der Waals surface area contributed by atoms with Crippen LogP contribution in [0.1, 0.15) is 37.8 Å². The van der Waals surface area contributed by atoms with Gasteiger partial charge in [0.05, 0.1) is 34.4 Å². The van der Waals surface area contributed by atoms with E-state index in [0.29, 0.717) is 17.1 Å². The van der Waals surface area contributed by atoms with Gasteiger partial charge >= 0.3 is 12.1 Å². The summed E-state index contributed by atoms with van der Waals surface area (Å²) < 4.78 is 46.4. The number of carbonyl (C=O) groups excluding carboxylic acids is 1. The molecule has 0 saturated heterocycles. The minimum absolute atomic E-state index is 0.00873. The number of anilines is 1. The highest BCUT2D eigenvalue weighted by Gasteiger charge is 2.30. The van der Waals surface area contributed by atoms with Gasteiger partial charge in [-0.05, 0) is 32.0 Å². The Bertz CT molecular complexity index is 1150. The molecular weight excluding hydrogens is 419 g/mol. The number of carboxylic acid groups (broad SMARTS) is 1. The Morgan fingerprint density at radius 2 is 1.97 bits per heavy atom. The van der Waals surface area contributed by atoms with Crippen LogP contribution in [0.15, 0.2) is 30.5 Å². The fraction of sp³-hybridized carbons (Fsp3) is 0.263. The normalized spacial score (nSPS) is 11.4. The van der Waals surface area contributed by atoms with Crippen LogP contribution in [0, 0.1) is 13.8 Å². The number of aromatic nitrogens is 4. The molecule has 2 aromatic heterocycles. The van der Waals surface area contributed by atoms with E-state index >= 15 is 0 Å². The summed E-state index contributed by atoms with van der Waals surface area (Å²) in [7, 11) is 1.40. The number of hydrogen-bond donors (Lipinski definition) is 2. The lowest BCUT2D eigenvalue weighted by atomic mass is 10.2. The summed E-state index contributed by atoms with van der Waals surface area (Å²) in [5.74, 6) is -1.98. The molecule has 0 aliphatic rings. The molecule has 1 aromatic carbocycles. The van der Waals surface area contributed by atoms with E-state index in [-0.39, 0.29) is 23.7 Å². The molecule has 0 atom stereocenters. The third-order valence-corrected chi connectivity index (χ3v) is 4.52. The maximum atomic E-state index is 12.8. The number of ether oxygens (including phenoxy) is 1. The van der Waals surface area contributed by atoms with Gasteiger partial charge in [-0.25, -0.2) is 9.48 Å². The quantitative estimate of drug-likeness (QED) is 0.613. The molecule has 0 saturated carbocycles. The van der Waals surface area contributed by atoms with Gasteiger partial charge < -0.3 is 15.2 Å². The first kappa shape index (κ1) is 21.9. The van der Waals surface area contributed by atoms with E-state index in [4.69, 9.17) is 4.74 Å². The molecule has 0 radical (unpaired) electrons. The second-order valence-electron chi connectivity index (χ2n) is 6.63. The number of nitrogens with one attached hydrogen (secondary N) is 1. The summed E-state index contributed by atoms with van der Waals surface area (Å²) in [6, 6.07) is 4.44. The number of carbonyl (C=O) groups is 2. The molecule has 2 heterocycles. The predicted octanol–water partition coefficient (Wildman–Crippen LogP) is 3.24. The lowest BCUT2D eigenvalue weighted by molar-refractivity contribution is -0.137. The topological polar surface area (TPSA) is 111 Å². The van der Waals surface area contributed by atoms with Gasteiger partial charge in [-0.2, -0.15) is 23.4 Å². The molecule has 164 valence electrons. The number of benzene rings is 1. The molecule has 9 nitrogen and oxygen atoms in total. The Morgan fingerprint density at radius 1 is 1.26 bits per heavy atom. The van der Waals surface area contributed by atoms with Crippen LogP contribution >= 0.6 is 0 Å². The Hall–Kier alpha value is -3.83. The maximum absolute atomic E-state index is 12.8. The molecule has 0 aliphatic heterocycles. The zero-order valence-electron chi connectivity index (χ0n) is 16.7. The Balaban J connectivity index is 1.77. The molecule has 0 fully saturated rings. The number of carboxylic acids is 1. The van der Waals surface area contributed by atoms with Crippen molar-refractivity contribution in [2.24, 2.45) is 7.05 Å². The van der Waals surface area contributed by atoms with Gasteiger partial charge in [-0.15, -0.1) is 0 Å². The third-order valence-electron chi connectivity index (χ3n) is 4.52. The SMILES string of the molecule is Cc1nn(COc2cccc(C(F)(F)F)c2)c(C)c1NC(=O)c1cnn(C)c1C(=O)O. The van der Waals surface area contributed by atoms with Crippen LogP contribution in [-0.2, 0) is 20.0 Å². The second-order valence-corrected chi connectivity index (χ2v) is 6.63. The monoisotopic (exact) mass is 437 g/mol. The first-order chi connectivity index (χ1) is 14.5. The average molecular weight is 437 g/mol. The largest absolute Gasteiger partial charge is 0.477 e. The van der Waals surface area contributed by atoms with Crippen molar-refractivity contribution < 1.29 is 32.6 Å². The van der Waals surface area contributed by atoms with Crippen molar-refractivity contribution >= 4 is 17.6 Å². The summed E-state index contributed by atoms with van der Waals surface area (Å²) in [5, 5.41) is 19.9. The number of nitrogens with zero attached hydrogens (tertiary/aromatic N) is 4. The highest BCUT2D eigenvalue weighted by atomic mass is 19.4. The van der Waals surface area contributed by atoms with Gasteiger partial charge in [0.15, 0.2) is 12.4 Å². The van der Waals surface area contributed by atoms with Gasteiger partial charge in [0.25, 0.3) is 5.91 Å². The third kappa shape index (κ3) is 4.52. The molecule has 12 heteroatoms. The fourth-order valence-corrected chi connectivity index (χ4v) is 2.94. The second kappa shape index (κ2) is 8.13. The van der Waals surface area contributed by atoms with Crippen molar-refractivity contribution in [1.82, 2.24) is 19.6 Å². The van der Waals surface area contributed by atoms with E-state index in [1.165, 1.54) is 23.9 Å². The minimum Gasteiger partial charge on any atom is -0.477 e. The average Bonchev–Trinajstić information content (AvgIpc) is 3.21. The zero-order valence-corrected chi connectivity index (χ0v) is 16.7. The van der Waals surface area contributed by atoms with E-state index in [1.54, 1.807) is 13.8 Å². The Labute approximate surface area is 174 Å². The maximum Gasteiger partial charge on any atom is 0.416 e.